The first-order valence-corrected chi connectivity index (χ1v) is 8.27. The monoisotopic (exact) mass is 334 g/mol. The van der Waals surface area contributed by atoms with Crippen LogP contribution in [0.15, 0.2) is 36.4 Å². The molecule has 0 aliphatic carbocycles. The maximum atomic E-state index is 5.71. The van der Waals surface area contributed by atoms with Crippen molar-refractivity contribution in [1.82, 2.24) is 4.90 Å². The summed E-state index contributed by atoms with van der Waals surface area (Å²) in [5.74, 6) is 1.70. The zero-order valence-corrected chi connectivity index (χ0v) is 14.6. The van der Waals surface area contributed by atoms with E-state index in [4.69, 9.17) is 10.5 Å². The van der Waals surface area contributed by atoms with Gasteiger partial charge in [0.1, 0.15) is 5.75 Å². The SMILES string of the molecule is COc1ccc2cc(CN3CCCC(CCN)C3)ccc2c1.Cl. The number of halogens is 1. The van der Waals surface area contributed by atoms with Crippen LogP contribution in [0.1, 0.15) is 24.8 Å². The maximum absolute atomic E-state index is 5.71. The first-order valence-electron chi connectivity index (χ1n) is 8.27. The standard InChI is InChI=1S/C19H26N2O.ClH/c1-22-19-7-6-17-11-16(4-5-18(17)12-19)14-21-10-2-3-15(13-21)8-9-20;/h4-7,11-12,15H,2-3,8-10,13-14,20H2,1H3;1H. The molecule has 1 aliphatic rings. The molecule has 2 aromatic carbocycles. The highest BCUT2D eigenvalue weighted by Gasteiger charge is 2.19. The van der Waals surface area contributed by atoms with Gasteiger partial charge < -0.3 is 10.5 Å². The highest BCUT2D eigenvalue weighted by atomic mass is 35.5. The van der Waals surface area contributed by atoms with Crippen molar-refractivity contribution in [3.63, 3.8) is 0 Å². The van der Waals surface area contributed by atoms with Crippen LogP contribution in [0.4, 0.5) is 0 Å². The Bertz CT molecular complexity index is 630. The summed E-state index contributed by atoms with van der Waals surface area (Å²) >= 11 is 0. The quantitative estimate of drug-likeness (QED) is 0.903. The lowest BCUT2D eigenvalue weighted by Crippen LogP contribution is -2.35. The summed E-state index contributed by atoms with van der Waals surface area (Å²) in [5, 5.41) is 2.52. The van der Waals surface area contributed by atoms with Crippen molar-refractivity contribution >= 4 is 23.2 Å². The van der Waals surface area contributed by atoms with E-state index in [1.165, 1.54) is 42.3 Å². The Morgan fingerprint density at radius 1 is 1.17 bits per heavy atom. The van der Waals surface area contributed by atoms with Crippen LogP contribution in [-0.4, -0.2) is 31.6 Å². The molecule has 4 heteroatoms. The van der Waals surface area contributed by atoms with Gasteiger partial charge in [-0.25, -0.2) is 0 Å². The molecule has 1 saturated heterocycles. The largest absolute Gasteiger partial charge is 0.497 e. The van der Waals surface area contributed by atoms with Crippen molar-refractivity contribution in [2.45, 2.75) is 25.8 Å². The minimum Gasteiger partial charge on any atom is -0.497 e. The van der Waals surface area contributed by atoms with Crippen LogP contribution in [0, 0.1) is 5.92 Å². The van der Waals surface area contributed by atoms with Gasteiger partial charge >= 0.3 is 0 Å². The average Bonchev–Trinajstić information content (AvgIpc) is 2.55. The molecule has 0 amide bonds. The summed E-state index contributed by atoms with van der Waals surface area (Å²) in [7, 11) is 1.71. The maximum Gasteiger partial charge on any atom is 0.119 e. The molecule has 1 fully saturated rings. The Labute approximate surface area is 145 Å². The number of likely N-dealkylation sites (tertiary alicyclic amines) is 1. The van der Waals surface area contributed by atoms with Crippen molar-refractivity contribution < 1.29 is 4.74 Å². The van der Waals surface area contributed by atoms with E-state index in [1.807, 2.05) is 6.07 Å². The summed E-state index contributed by atoms with van der Waals surface area (Å²) in [6, 6.07) is 13.0. The van der Waals surface area contributed by atoms with E-state index in [2.05, 4.69) is 35.2 Å². The number of methoxy groups -OCH3 is 1. The molecule has 23 heavy (non-hydrogen) atoms. The van der Waals surface area contributed by atoms with Gasteiger partial charge in [0.15, 0.2) is 0 Å². The zero-order valence-electron chi connectivity index (χ0n) is 13.8. The van der Waals surface area contributed by atoms with Crippen LogP contribution in [0.3, 0.4) is 0 Å². The minimum atomic E-state index is 0. The number of piperidine rings is 1. The van der Waals surface area contributed by atoms with Gasteiger partial charge in [-0.15, -0.1) is 12.4 Å². The van der Waals surface area contributed by atoms with E-state index in [9.17, 15) is 0 Å². The van der Waals surface area contributed by atoms with Crippen molar-refractivity contribution in [3.8, 4) is 5.75 Å². The normalized spacial score (nSPS) is 18.6. The van der Waals surface area contributed by atoms with E-state index < -0.39 is 0 Å². The molecule has 3 rings (SSSR count). The van der Waals surface area contributed by atoms with Crippen LogP contribution < -0.4 is 10.5 Å². The lowest BCUT2D eigenvalue weighted by molar-refractivity contribution is 0.163. The van der Waals surface area contributed by atoms with Crippen molar-refractivity contribution in [3.05, 3.63) is 42.0 Å². The molecule has 126 valence electrons. The zero-order chi connectivity index (χ0) is 15.4. The van der Waals surface area contributed by atoms with E-state index in [-0.39, 0.29) is 12.4 Å². The second kappa shape index (κ2) is 8.53. The molecule has 1 aliphatic heterocycles. The van der Waals surface area contributed by atoms with Crippen LogP contribution in [0.2, 0.25) is 0 Å². The second-order valence-electron chi connectivity index (χ2n) is 6.37. The molecule has 2 N–H and O–H groups in total. The summed E-state index contributed by atoms with van der Waals surface area (Å²) < 4.78 is 5.29. The number of fused-ring (bicyclic) bond motifs is 1. The van der Waals surface area contributed by atoms with Crippen LogP contribution in [0.25, 0.3) is 10.8 Å². The Morgan fingerprint density at radius 2 is 1.96 bits per heavy atom. The van der Waals surface area contributed by atoms with Gasteiger partial charge in [0.25, 0.3) is 0 Å². The predicted molar refractivity (Wildman–Crippen MR) is 99.4 cm³/mol. The fraction of sp³-hybridized carbons (Fsp3) is 0.474. The molecule has 1 heterocycles. The molecular formula is C19H27ClN2O. The average molecular weight is 335 g/mol. The number of benzene rings is 2. The van der Waals surface area contributed by atoms with Gasteiger partial charge in [0.2, 0.25) is 0 Å². The van der Waals surface area contributed by atoms with Gasteiger partial charge in [0, 0.05) is 13.1 Å². The summed E-state index contributed by atoms with van der Waals surface area (Å²) in [5.41, 5.74) is 7.11. The smallest absolute Gasteiger partial charge is 0.119 e. The molecule has 0 radical (unpaired) electrons. The topological polar surface area (TPSA) is 38.5 Å². The summed E-state index contributed by atoms with van der Waals surface area (Å²) in [4.78, 5) is 2.58. The second-order valence-corrected chi connectivity index (χ2v) is 6.37. The minimum absolute atomic E-state index is 0. The van der Waals surface area contributed by atoms with E-state index >= 15 is 0 Å². The number of nitrogens with zero attached hydrogens (tertiary/aromatic N) is 1. The molecule has 2 aromatic rings. The third kappa shape index (κ3) is 4.60. The number of hydrogen-bond donors (Lipinski definition) is 1. The number of nitrogens with two attached hydrogens (primary N) is 1. The Hall–Kier alpha value is -1.29. The fourth-order valence-corrected chi connectivity index (χ4v) is 3.52. The predicted octanol–water partition coefficient (Wildman–Crippen LogP) is 3.83. The van der Waals surface area contributed by atoms with Crippen molar-refractivity contribution in [1.29, 1.82) is 0 Å². The molecule has 1 unspecified atom stereocenters. The lowest BCUT2D eigenvalue weighted by atomic mass is 9.94. The Kier molecular flexibility index (Phi) is 6.70. The first kappa shape index (κ1) is 18.1. The highest BCUT2D eigenvalue weighted by Crippen LogP contribution is 2.24. The fourth-order valence-electron chi connectivity index (χ4n) is 3.52. The van der Waals surface area contributed by atoms with E-state index in [1.54, 1.807) is 7.11 Å². The van der Waals surface area contributed by atoms with Crippen LogP contribution in [0.5, 0.6) is 5.75 Å². The van der Waals surface area contributed by atoms with Gasteiger partial charge in [-0.2, -0.15) is 0 Å². The molecule has 1 atom stereocenters. The van der Waals surface area contributed by atoms with Gasteiger partial charge in [-0.05, 0) is 72.8 Å². The number of rotatable bonds is 5. The Morgan fingerprint density at radius 3 is 2.74 bits per heavy atom. The third-order valence-electron chi connectivity index (χ3n) is 4.70. The van der Waals surface area contributed by atoms with E-state index in [0.29, 0.717) is 0 Å². The van der Waals surface area contributed by atoms with E-state index in [0.717, 1.165) is 31.2 Å². The van der Waals surface area contributed by atoms with Crippen LogP contribution >= 0.6 is 12.4 Å². The molecule has 0 saturated carbocycles. The molecule has 3 nitrogen and oxygen atoms in total. The van der Waals surface area contributed by atoms with Gasteiger partial charge in [-0.3, -0.25) is 4.90 Å². The summed E-state index contributed by atoms with van der Waals surface area (Å²) in [6.45, 7) is 4.26. The first-order chi connectivity index (χ1) is 10.8. The molecule has 0 spiro atoms. The van der Waals surface area contributed by atoms with Gasteiger partial charge in [0.05, 0.1) is 7.11 Å². The Balaban J connectivity index is 0.00000192. The molecular weight excluding hydrogens is 308 g/mol. The number of ether oxygens (including phenoxy) is 1. The summed E-state index contributed by atoms with van der Waals surface area (Å²) in [6.07, 6.45) is 3.80. The van der Waals surface area contributed by atoms with Gasteiger partial charge in [-0.1, -0.05) is 18.2 Å². The highest BCUT2D eigenvalue weighted by molar-refractivity contribution is 5.85. The third-order valence-corrected chi connectivity index (χ3v) is 4.70. The van der Waals surface area contributed by atoms with Crippen molar-refractivity contribution in [2.24, 2.45) is 11.7 Å². The van der Waals surface area contributed by atoms with Crippen LogP contribution in [-0.2, 0) is 6.54 Å². The molecule has 0 bridgehead atoms. The molecule has 0 aromatic heterocycles. The van der Waals surface area contributed by atoms with Crippen molar-refractivity contribution in [2.75, 3.05) is 26.7 Å². The number of hydrogen-bond acceptors (Lipinski definition) is 3. The lowest BCUT2D eigenvalue weighted by Gasteiger charge is -2.32.